The number of hydrogen-bond acceptors (Lipinski definition) is 4. The monoisotopic (exact) mass is 552 g/mol. The Morgan fingerprint density at radius 1 is 0.488 bits per heavy atom. The largest absolute Gasteiger partial charge is 0.456 e. The number of fused-ring (bicyclic) bond motifs is 8. The van der Waals surface area contributed by atoms with Crippen LogP contribution < -0.4 is 4.90 Å². The fraction of sp³-hybridized carbons (Fsp3) is 0. The van der Waals surface area contributed by atoms with Gasteiger partial charge in [0, 0.05) is 56.3 Å². The van der Waals surface area contributed by atoms with Crippen LogP contribution in [0.2, 0.25) is 0 Å². The Morgan fingerprint density at radius 2 is 1.23 bits per heavy atom. The predicted molar refractivity (Wildman–Crippen MR) is 176 cm³/mol. The second-order valence-electron chi connectivity index (χ2n) is 10.8. The second kappa shape index (κ2) is 9.33. The Labute approximate surface area is 247 Å². The summed E-state index contributed by atoms with van der Waals surface area (Å²) in [4.78, 5) is 6.89. The number of furan rings is 2. The highest BCUT2D eigenvalue weighted by molar-refractivity contribution is 6.18. The lowest BCUT2D eigenvalue weighted by Crippen LogP contribution is -2.09. The topological polar surface area (TPSA) is 42.4 Å². The van der Waals surface area contributed by atoms with Crippen LogP contribution >= 0.6 is 0 Å². The third-order valence-electron chi connectivity index (χ3n) is 8.31. The van der Waals surface area contributed by atoms with Crippen molar-refractivity contribution in [2.24, 2.45) is 0 Å². The molecule has 0 spiro atoms. The van der Waals surface area contributed by atoms with E-state index in [0.29, 0.717) is 0 Å². The fourth-order valence-electron chi connectivity index (χ4n) is 6.33. The molecule has 0 aliphatic rings. The summed E-state index contributed by atoms with van der Waals surface area (Å²) in [7, 11) is 0. The van der Waals surface area contributed by atoms with Gasteiger partial charge < -0.3 is 13.7 Å². The van der Waals surface area contributed by atoms with Gasteiger partial charge in [-0.05, 0) is 71.8 Å². The van der Waals surface area contributed by atoms with Crippen molar-refractivity contribution in [1.29, 1.82) is 0 Å². The molecule has 202 valence electrons. The standard InChI is InChI=1S/C39H24N2O2/c1-2-9-27(10-3-1)41(29-20-22-32-31-11-4-5-13-34(31)42-36(32)24-29)28-18-15-25(16-19-28)30-12-6-14-35-37(30)33-21-17-26-8-7-23-40-38(26)39(33)43-35/h1-24H. The molecule has 4 nitrogen and oxygen atoms in total. The zero-order chi connectivity index (χ0) is 28.3. The van der Waals surface area contributed by atoms with E-state index in [4.69, 9.17) is 8.83 Å². The van der Waals surface area contributed by atoms with Gasteiger partial charge in [-0.3, -0.25) is 4.98 Å². The number of rotatable bonds is 4. The maximum Gasteiger partial charge on any atom is 0.161 e. The van der Waals surface area contributed by atoms with Crippen LogP contribution in [0.15, 0.2) is 155 Å². The number of para-hydroxylation sites is 2. The Bertz CT molecular complexity index is 2450. The molecule has 0 atom stereocenters. The second-order valence-corrected chi connectivity index (χ2v) is 10.8. The normalized spacial score (nSPS) is 11.7. The SMILES string of the molecule is c1ccc(N(c2ccc(-c3cccc4oc5c(ccc6cccnc65)c34)cc2)c2ccc3c(c2)oc2ccccc23)cc1. The number of nitrogens with zero attached hydrogens (tertiary/aromatic N) is 2. The molecule has 0 unspecified atom stereocenters. The van der Waals surface area contributed by atoms with Gasteiger partial charge in [0.1, 0.15) is 22.3 Å². The van der Waals surface area contributed by atoms with Crippen LogP contribution in [0.4, 0.5) is 17.1 Å². The molecular weight excluding hydrogens is 528 g/mol. The van der Waals surface area contributed by atoms with Gasteiger partial charge in [0.05, 0.1) is 0 Å². The summed E-state index contributed by atoms with van der Waals surface area (Å²) in [6.07, 6.45) is 1.82. The number of benzene rings is 6. The van der Waals surface area contributed by atoms with E-state index >= 15 is 0 Å². The molecule has 0 N–H and O–H groups in total. The average molecular weight is 553 g/mol. The van der Waals surface area contributed by atoms with Crippen LogP contribution in [-0.4, -0.2) is 4.98 Å². The molecule has 0 amide bonds. The number of aromatic nitrogens is 1. The highest BCUT2D eigenvalue weighted by atomic mass is 16.3. The van der Waals surface area contributed by atoms with Crippen molar-refractivity contribution < 1.29 is 8.83 Å². The fourth-order valence-corrected chi connectivity index (χ4v) is 6.33. The molecule has 6 aromatic carbocycles. The summed E-state index contributed by atoms with van der Waals surface area (Å²) in [5.41, 5.74) is 9.77. The summed E-state index contributed by atoms with van der Waals surface area (Å²) >= 11 is 0. The molecule has 4 heteroatoms. The van der Waals surface area contributed by atoms with Gasteiger partial charge in [-0.2, -0.15) is 0 Å². The summed E-state index contributed by atoms with van der Waals surface area (Å²) in [5, 5.41) is 5.50. The van der Waals surface area contributed by atoms with E-state index in [9.17, 15) is 0 Å². The van der Waals surface area contributed by atoms with E-state index in [0.717, 1.165) is 83.0 Å². The van der Waals surface area contributed by atoms with Gasteiger partial charge in [0.25, 0.3) is 0 Å². The molecule has 3 aromatic heterocycles. The molecule has 0 saturated carbocycles. The highest BCUT2D eigenvalue weighted by Crippen LogP contribution is 2.41. The van der Waals surface area contributed by atoms with E-state index in [-0.39, 0.29) is 0 Å². The first-order valence-electron chi connectivity index (χ1n) is 14.4. The molecular formula is C39H24N2O2. The first-order valence-corrected chi connectivity index (χ1v) is 14.4. The van der Waals surface area contributed by atoms with Crippen LogP contribution in [0.1, 0.15) is 0 Å². The summed E-state index contributed by atoms with van der Waals surface area (Å²) in [6, 6.07) is 48.4. The number of hydrogen-bond donors (Lipinski definition) is 0. The smallest absolute Gasteiger partial charge is 0.161 e. The van der Waals surface area contributed by atoms with Crippen LogP contribution in [0.5, 0.6) is 0 Å². The van der Waals surface area contributed by atoms with Crippen LogP contribution in [0, 0.1) is 0 Å². The third kappa shape index (κ3) is 3.74. The maximum atomic E-state index is 6.38. The van der Waals surface area contributed by atoms with Crippen molar-refractivity contribution in [3.63, 3.8) is 0 Å². The molecule has 3 heterocycles. The van der Waals surface area contributed by atoms with Crippen LogP contribution in [0.3, 0.4) is 0 Å². The van der Waals surface area contributed by atoms with E-state index in [1.807, 2.05) is 36.5 Å². The van der Waals surface area contributed by atoms with Gasteiger partial charge in [0.2, 0.25) is 0 Å². The molecule has 0 saturated heterocycles. The molecule has 9 rings (SSSR count). The number of anilines is 3. The lowest BCUT2D eigenvalue weighted by Gasteiger charge is -2.25. The Kier molecular flexibility index (Phi) is 5.16. The van der Waals surface area contributed by atoms with E-state index < -0.39 is 0 Å². The highest BCUT2D eigenvalue weighted by Gasteiger charge is 2.18. The average Bonchev–Trinajstić information content (AvgIpc) is 3.64. The van der Waals surface area contributed by atoms with Crippen LogP contribution in [0.25, 0.3) is 65.9 Å². The Morgan fingerprint density at radius 3 is 2.14 bits per heavy atom. The minimum absolute atomic E-state index is 0.827. The number of pyridine rings is 1. The van der Waals surface area contributed by atoms with Gasteiger partial charge >= 0.3 is 0 Å². The van der Waals surface area contributed by atoms with Crippen molar-refractivity contribution in [2.75, 3.05) is 4.90 Å². The van der Waals surface area contributed by atoms with E-state index in [1.165, 1.54) is 0 Å². The van der Waals surface area contributed by atoms with Crippen LogP contribution in [-0.2, 0) is 0 Å². The van der Waals surface area contributed by atoms with Gasteiger partial charge in [0.15, 0.2) is 5.58 Å². The van der Waals surface area contributed by atoms with Crippen molar-refractivity contribution in [3.05, 3.63) is 146 Å². The Hall–Kier alpha value is -5.87. The molecule has 0 fully saturated rings. The summed E-state index contributed by atoms with van der Waals surface area (Å²) < 4.78 is 12.6. The van der Waals surface area contributed by atoms with E-state index in [1.54, 1.807) is 0 Å². The summed E-state index contributed by atoms with van der Waals surface area (Å²) in [6.45, 7) is 0. The molecule has 0 radical (unpaired) electrons. The maximum absolute atomic E-state index is 6.38. The van der Waals surface area contributed by atoms with Gasteiger partial charge in [-0.1, -0.05) is 72.8 Å². The molecule has 0 aliphatic carbocycles. The van der Waals surface area contributed by atoms with Crippen molar-refractivity contribution in [3.8, 4) is 11.1 Å². The predicted octanol–water partition coefficient (Wildman–Crippen LogP) is 11.2. The minimum atomic E-state index is 0.827. The quantitative estimate of drug-likeness (QED) is 0.218. The zero-order valence-electron chi connectivity index (χ0n) is 23.1. The third-order valence-corrected chi connectivity index (χ3v) is 8.31. The first-order chi connectivity index (χ1) is 21.3. The molecule has 0 aliphatic heterocycles. The zero-order valence-corrected chi connectivity index (χ0v) is 23.1. The molecule has 43 heavy (non-hydrogen) atoms. The summed E-state index contributed by atoms with van der Waals surface area (Å²) in [5.74, 6) is 0. The minimum Gasteiger partial charge on any atom is -0.456 e. The lowest BCUT2D eigenvalue weighted by atomic mass is 9.98. The Balaban J connectivity index is 1.18. The molecule has 9 aromatic rings. The lowest BCUT2D eigenvalue weighted by molar-refractivity contribution is 0.669. The van der Waals surface area contributed by atoms with Gasteiger partial charge in [-0.15, -0.1) is 0 Å². The van der Waals surface area contributed by atoms with Gasteiger partial charge in [-0.25, -0.2) is 0 Å². The first kappa shape index (κ1) is 23.8. The molecule has 0 bridgehead atoms. The van der Waals surface area contributed by atoms with Crippen molar-refractivity contribution in [1.82, 2.24) is 4.98 Å². The van der Waals surface area contributed by atoms with E-state index in [2.05, 4.69) is 119 Å². The van der Waals surface area contributed by atoms with Crippen molar-refractivity contribution >= 4 is 71.8 Å². The van der Waals surface area contributed by atoms with Crippen molar-refractivity contribution in [2.45, 2.75) is 0 Å².